The lowest BCUT2D eigenvalue weighted by molar-refractivity contribution is -0.0264. The standard InChI is InChI=1S/C16H25NO/c1-3-4-11-17-12-9-16(18,10-13-17)15-8-6-5-7-14(15)2/h5-8,18H,3-4,9-13H2,1-2H3. The van der Waals surface area contributed by atoms with Gasteiger partial charge in [-0.1, -0.05) is 37.6 Å². The van der Waals surface area contributed by atoms with Crippen LogP contribution in [0, 0.1) is 6.92 Å². The number of aryl methyl sites for hydroxylation is 1. The molecule has 1 aliphatic heterocycles. The third-order valence-electron chi connectivity index (χ3n) is 4.16. The van der Waals surface area contributed by atoms with Gasteiger partial charge in [0.05, 0.1) is 5.60 Å². The van der Waals surface area contributed by atoms with Gasteiger partial charge in [-0.2, -0.15) is 0 Å². The van der Waals surface area contributed by atoms with Crippen LogP contribution in [0.5, 0.6) is 0 Å². The van der Waals surface area contributed by atoms with Crippen molar-refractivity contribution in [1.29, 1.82) is 0 Å². The minimum atomic E-state index is -0.603. The van der Waals surface area contributed by atoms with E-state index in [-0.39, 0.29) is 0 Å². The molecule has 0 atom stereocenters. The van der Waals surface area contributed by atoms with Crippen LogP contribution < -0.4 is 0 Å². The molecule has 1 fully saturated rings. The number of hydrogen-bond acceptors (Lipinski definition) is 2. The Morgan fingerprint density at radius 3 is 2.50 bits per heavy atom. The van der Waals surface area contributed by atoms with E-state index in [0.29, 0.717) is 0 Å². The van der Waals surface area contributed by atoms with Crippen LogP contribution in [-0.4, -0.2) is 29.6 Å². The second-order valence-corrected chi connectivity index (χ2v) is 5.54. The minimum absolute atomic E-state index is 0.603. The van der Waals surface area contributed by atoms with Crippen molar-refractivity contribution < 1.29 is 5.11 Å². The van der Waals surface area contributed by atoms with Crippen molar-refractivity contribution in [2.45, 2.75) is 45.1 Å². The van der Waals surface area contributed by atoms with Crippen molar-refractivity contribution in [3.05, 3.63) is 35.4 Å². The van der Waals surface area contributed by atoms with Crippen LogP contribution in [0.4, 0.5) is 0 Å². The van der Waals surface area contributed by atoms with Crippen molar-refractivity contribution in [3.8, 4) is 0 Å². The van der Waals surface area contributed by atoms with Crippen molar-refractivity contribution >= 4 is 0 Å². The maximum atomic E-state index is 10.8. The monoisotopic (exact) mass is 247 g/mol. The third kappa shape index (κ3) is 2.93. The predicted molar refractivity (Wildman–Crippen MR) is 75.7 cm³/mol. The molecule has 1 saturated heterocycles. The van der Waals surface area contributed by atoms with Crippen molar-refractivity contribution in [1.82, 2.24) is 4.90 Å². The Labute approximate surface area is 111 Å². The maximum Gasteiger partial charge on any atom is 0.0923 e. The van der Waals surface area contributed by atoms with Crippen LogP contribution >= 0.6 is 0 Å². The third-order valence-corrected chi connectivity index (χ3v) is 4.16. The van der Waals surface area contributed by atoms with Crippen LogP contribution in [0.25, 0.3) is 0 Å². The molecular weight excluding hydrogens is 222 g/mol. The minimum Gasteiger partial charge on any atom is -0.385 e. The van der Waals surface area contributed by atoms with Crippen LogP contribution in [-0.2, 0) is 5.60 Å². The highest BCUT2D eigenvalue weighted by molar-refractivity contribution is 5.31. The summed E-state index contributed by atoms with van der Waals surface area (Å²) in [5.41, 5.74) is 1.73. The van der Waals surface area contributed by atoms with Gasteiger partial charge in [0.1, 0.15) is 0 Å². The van der Waals surface area contributed by atoms with Crippen LogP contribution in [0.3, 0.4) is 0 Å². The first-order valence-electron chi connectivity index (χ1n) is 7.16. The molecular formula is C16H25NO. The van der Waals surface area contributed by atoms with E-state index in [1.807, 2.05) is 12.1 Å². The molecule has 18 heavy (non-hydrogen) atoms. The van der Waals surface area contributed by atoms with Crippen molar-refractivity contribution in [3.63, 3.8) is 0 Å². The lowest BCUT2D eigenvalue weighted by Crippen LogP contribution is -2.43. The predicted octanol–water partition coefficient (Wildman–Crippen LogP) is 3.08. The van der Waals surface area contributed by atoms with Gasteiger partial charge in [0.2, 0.25) is 0 Å². The van der Waals surface area contributed by atoms with Gasteiger partial charge in [0.25, 0.3) is 0 Å². The Kier molecular flexibility index (Phi) is 4.41. The molecule has 0 unspecified atom stereocenters. The number of piperidine rings is 1. The summed E-state index contributed by atoms with van der Waals surface area (Å²) < 4.78 is 0. The van der Waals surface area contributed by atoms with Crippen LogP contribution in [0.1, 0.15) is 43.7 Å². The zero-order valence-corrected chi connectivity index (χ0v) is 11.7. The smallest absolute Gasteiger partial charge is 0.0923 e. The Morgan fingerprint density at radius 2 is 1.89 bits per heavy atom. The molecule has 0 saturated carbocycles. The van der Waals surface area contributed by atoms with E-state index in [2.05, 4.69) is 30.9 Å². The molecule has 1 aromatic carbocycles. The summed E-state index contributed by atoms with van der Waals surface area (Å²) in [7, 11) is 0. The van der Waals surface area contributed by atoms with E-state index in [9.17, 15) is 5.11 Å². The van der Waals surface area contributed by atoms with Crippen molar-refractivity contribution in [2.24, 2.45) is 0 Å². The zero-order valence-electron chi connectivity index (χ0n) is 11.7. The fourth-order valence-electron chi connectivity index (χ4n) is 2.89. The van der Waals surface area contributed by atoms with Crippen LogP contribution in [0.2, 0.25) is 0 Å². The summed E-state index contributed by atoms with van der Waals surface area (Å²) in [6.45, 7) is 7.54. The Balaban J connectivity index is 2.01. The first kappa shape index (κ1) is 13.6. The highest BCUT2D eigenvalue weighted by Crippen LogP contribution is 2.34. The number of rotatable bonds is 4. The number of benzene rings is 1. The number of aliphatic hydroxyl groups is 1. The second-order valence-electron chi connectivity index (χ2n) is 5.54. The fraction of sp³-hybridized carbons (Fsp3) is 0.625. The highest BCUT2D eigenvalue weighted by atomic mass is 16.3. The van der Waals surface area contributed by atoms with E-state index in [1.165, 1.54) is 24.9 Å². The molecule has 1 N–H and O–H groups in total. The normalized spacial score (nSPS) is 19.9. The number of unbranched alkanes of at least 4 members (excludes halogenated alkanes) is 1. The number of likely N-dealkylation sites (tertiary alicyclic amines) is 1. The summed E-state index contributed by atoms with van der Waals surface area (Å²) in [5, 5.41) is 10.8. The van der Waals surface area contributed by atoms with Crippen molar-refractivity contribution in [2.75, 3.05) is 19.6 Å². The van der Waals surface area contributed by atoms with E-state index in [4.69, 9.17) is 0 Å². The topological polar surface area (TPSA) is 23.5 Å². The quantitative estimate of drug-likeness (QED) is 0.884. The molecule has 1 aromatic rings. The Morgan fingerprint density at radius 1 is 1.22 bits per heavy atom. The lowest BCUT2D eigenvalue weighted by atomic mass is 9.82. The average Bonchev–Trinajstić information content (AvgIpc) is 2.39. The Hall–Kier alpha value is -0.860. The molecule has 1 heterocycles. The van der Waals surface area contributed by atoms with E-state index in [1.54, 1.807) is 0 Å². The molecule has 1 aliphatic rings. The van der Waals surface area contributed by atoms with E-state index >= 15 is 0 Å². The average molecular weight is 247 g/mol. The summed E-state index contributed by atoms with van der Waals surface area (Å²) >= 11 is 0. The van der Waals surface area contributed by atoms with Gasteiger partial charge in [-0.3, -0.25) is 0 Å². The maximum absolute atomic E-state index is 10.8. The summed E-state index contributed by atoms with van der Waals surface area (Å²) in [6.07, 6.45) is 4.24. The first-order valence-corrected chi connectivity index (χ1v) is 7.16. The molecule has 0 spiro atoms. The number of nitrogens with zero attached hydrogens (tertiary/aromatic N) is 1. The molecule has 2 rings (SSSR count). The molecule has 2 heteroatoms. The molecule has 0 bridgehead atoms. The zero-order chi connectivity index (χ0) is 13.0. The Bertz CT molecular complexity index is 380. The SMILES string of the molecule is CCCCN1CCC(O)(c2ccccc2C)CC1. The van der Waals surface area contributed by atoms with Gasteiger partial charge in [-0.05, 0) is 43.9 Å². The van der Waals surface area contributed by atoms with Gasteiger partial charge < -0.3 is 10.0 Å². The number of hydrogen-bond donors (Lipinski definition) is 1. The van der Waals surface area contributed by atoms with E-state index < -0.39 is 5.60 Å². The molecule has 0 radical (unpaired) electrons. The highest BCUT2D eigenvalue weighted by Gasteiger charge is 2.34. The lowest BCUT2D eigenvalue weighted by Gasteiger charge is -2.39. The van der Waals surface area contributed by atoms with Gasteiger partial charge >= 0.3 is 0 Å². The van der Waals surface area contributed by atoms with Gasteiger partial charge in [-0.15, -0.1) is 0 Å². The molecule has 0 aliphatic carbocycles. The molecule has 100 valence electrons. The summed E-state index contributed by atoms with van der Waals surface area (Å²) in [6, 6.07) is 8.25. The van der Waals surface area contributed by atoms with Gasteiger partial charge in [0, 0.05) is 13.1 Å². The summed E-state index contributed by atoms with van der Waals surface area (Å²) in [5.74, 6) is 0. The summed E-state index contributed by atoms with van der Waals surface area (Å²) in [4.78, 5) is 2.48. The molecule has 2 nitrogen and oxygen atoms in total. The first-order chi connectivity index (χ1) is 8.65. The fourth-order valence-corrected chi connectivity index (χ4v) is 2.89. The second kappa shape index (κ2) is 5.85. The van der Waals surface area contributed by atoms with Gasteiger partial charge in [-0.25, -0.2) is 0 Å². The van der Waals surface area contributed by atoms with Crippen LogP contribution in [0.15, 0.2) is 24.3 Å². The van der Waals surface area contributed by atoms with Gasteiger partial charge in [0.15, 0.2) is 0 Å². The largest absolute Gasteiger partial charge is 0.385 e. The molecule has 0 aromatic heterocycles. The van der Waals surface area contributed by atoms with E-state index in [0.717, 1.165) is 31.5 Å². The molecule has 0 amide bonds.